The van der Waals surface area contributed by atoms with Crippen LogP contribution in [0.4, 0.5) is 0 Å². The van der Waals surface area contributed by atoms with Crippen molar-refractivity contribution in [3.8, 4) is 0 Å². The fraction of sp³-hybridized carbons (Fsp3) is 0.429. The topological polar surface area (TPSA) is 101 Å². The summed E-state index contributed by atoms with van der Waals surface area (Å²) in [5.74, 6) is 0.292. The molecule has 0 aromatic carbocycles. The van der Waals surface area contributed by atoms with E-state index in [4.69, 9.17) is 25.5 Å². The Bertz CT molecular complexity index is 1030. The van der Waals surface area contributed by atoms with Crippen molar-refractivity contribution < 1.29 is 25.5 Å². The molecule has 0 aliphatic heterocycles. The van der Waals surface area contributed by atoms with Gasteiger partial charge in [-0.25, -0.2) is 0 Å². The highest BCUT2D eigenvalue weighted by molar-refractivity contribution is 5.23. The van der Waals surface area contributed by atoms with E-state index in [9.17, 15) is 0 Å². The van der Waals surface area contributed by atoms with Gasteiger partial charge >= 0.3 is 0 Å². The van der Waals surface area contributed by atoms with Crippen LogP contribution in [0.15, 0.2) is 120 Å². The highest BCUT2D eigenvalue weighted by Crippen LogP contribution is 2.12. The molecule has 6 unspecified atom stereocenters. The van der Waals surface area contributed by atoms with Crippen LogP contribution < -0.4 is 0 Å². The number of aliphatic hydroxyl groups is 5. The Hall–Kier alpha value is -2.80. The number of rotatable bonds is 0. The minimum Gasteiger partial charge on any atom is -0.389 e. The molecular weight excluding hydrogens is 500 g/mol. The van der Waals surface area contributed by atoms with Crippen LogP contribution in [0.25, 0.3) is 0 Å². The molecule has 0 saturated heterocycles. The molecule has 0 aromatic rings. The summed E-state index contributed by atoms with van der Waals surface area (Å²) >= 11 is 0. The molecule has 0 bridgehead atoms. The van der Waals surface area contributed by atoms with Gasteiger partial charge in [0.2, 0.25) is 0 Å². The molecule has 0 amide bonds. The van der Waals surface area contributed by atoms with Gasteiger partial charge in [0.25, 0.3) is 0 Å². The van der Waals surface area contributed by atoms with Crippen molar-refractivity contribution in [1.82, 2.24) is 0 Å². The van der Waals surface area contributed by atoms with Crippen molar-refractivity contribution >= 4 is 0 Å². The lowest BCUT2D eigenvalue weighted by Gasteiger charge is -2.12. The van der Waals surface area contributed by atoms with Crippen LogP contribution >= 0.6 is 0 Å². The largest absolute Gasteiger partial charge is 0.389 e. The Balaban J connectivity index is 0.000000250. The molecule has 0 saturated carbocycles. The average molecular weight is 551 g/mol. The van der Waals surface area contributed by atoms with E-state index in [0.29, 0.717) is 5.92 Å². The zero-order valence-corrected chi connectivity index (χ0v) is 24.8. The molecule has 0 fully saturated rings. The summed E-state index contributed by atoms with van der Waals surface area (Å²) in [7, 11) is 0. The maximum atomic E-state index is 9.06. The molecule has 220 valence electrons. The Morgan fingerprint density at radius 3 is 1.73 bits per heavy atom. The first kappa shape index (κ1) is 35.2. The second kappa shape index (κ2) is 20.1. The number of allylic oxidation sites excluding steroid dienone is 10. The van der Waals surface area contributed by atoms with E-state index in [1.807, 2.05) is 120 Å². The second-order valence-electron chi connectivity index (χ2n) is 10.6. The van der Waals surface area contributed by atoms with E-state index >= 15 is 0 Å². The minimum atomic E-state index is -0.264. The quantitative estimate of drug-likeness (QED) is 0.250. The Labute approximate surface area is 241 Å². The van der Waals surface area contributed by atoms with Crippen LogP contribution in [0.3, 0.4) is 0 Å². The fourth-order valence-electron chi connectivity index (χ4n) is 3.78. The molecule has 0 radical (unpaired) electrons. The van der Waals surface area contributed by atoms with Crippen LogP contribution in [0, 0.1) is 5.92 Å². The van der Waals surface area contributed by atoms with Gasteiger partial charge in [-0.3, -0.25) is 0 Å². The van der Waals surface area contributed by atoms with Gasteiger partial charge in [0.05, 0.1) is 30.5 Å². The van der Waals surface area contributed by atoms with Gasteiger partial charge in [0, 0.05) is 5.92 Å². The van der Waals surface area contributed by atoms with Crippen molar-refractivity contribution in [2.24, 2.45) is 5.92 Å². The summed E-state index contributed by atoms with van der Waals surface area (Å²) in [5, 5.41) is 44.9. The van der Waals surface area contributed by atoms with Gasteiger partial charge in [-0.2, -0.15) is 0 Å². The molecular formula is C35H50O5. The van der Waals surface area contributed by atoms with E-state index in [-0.39, 0.29) is 30.5 Å². The summed E-state index contributed by atoms with van der Waals surface area (Å²) in [6, 6.07) is 0. The zero-order valence-electron chi connectivity index (χ0n) is 24.8. The summed E-state index contributed by atoms with van der Waals surface area (Å²) in [6.45, 7) is 9.97. The summed E-state index contributed by atoms with van der Waals surface area (Å²) in [5.41, 5.74) is 4.71. The first-order chi connectivity index (χ1) is 19.0. The standard InChI is InChI=1S/5C7H10O/c1-6-2-4-7(8)5-3-6;2*1-6-3-2-4-7(8)5-6;2*1-6-4-2-3-5-7(6)8/h2-4,7-8H,5H2,1H3;2-3,5,7-8H,4H2,1H3;2*2-4,7-8H,5H2,1H3;2-8H,1H3. The van der Waals surface area contributed by atoms with Gasteiger partial charge in [0.1, 0.15) is 0 Å². The van der Waals surface area contributed by atoms with Crippen LogP contribution in [0.2, 0.25) is 0 Å². The maximum absolute atomic E-state index is 9.06. The zero-order chi connectivity index (χ0) is 29.9. The Morgan fingerprint density at radius 1 is 0.625 bits per heavy atom. The van der Waals surface area contributed by atoms with E-state index in [1.54, 1.807) is 12.2 Å². The monoisotopic (exact) mass is 550 g/mol. The SMILES string of the molecule is CC1=CC(O)CC=C1.CC1=CC=CC(O)C1.CC1=CC=CCC1O.CC1=CCC(O)C=C1.CC1C=CC=CC1O. The fourth-order valence-corrected chi connectivity index (χ4v) is 3.78. The van der Waals surface area contributed by atoms with E-state index < -0.39 is 0 Å². The molecule has 0 heterocycles. The van der Waals surface area contributed by atoms with Crippen molar-refractivity contribution in [3.05, 3.63) is 120 Å². The summed E-state index contributed by atoms with van der Waals surface area (Å²) in [6.07, 6.45) is 32.8. The third kappa shape index (κ3) is 17.0. The van der Waals surface area contributed by atoms with Gasteiger partial charge in [-0.05, 0) is 59.0 Å². The average Bonchev–Trinajstić information content (AvgIpc) is 2.91. The third-order valence-electron chi connectivity index (χ3n) is 6.47. The molecule has 5 heteroatoms. The first-order valence-corrected chi connectivity index (χ1v) is 14.1. The second-order valence-corrected chi connectivity index (χ2v) is 10.6. The van der Waals surface area contributed by atoms with Crippen LogP contribution in [-0.2, 0) is 0 Å². The minimum absolute atomic E-state index is 0.222. The molecule has 5 N–H and O–H groups in total. The predicted molar refractivity (Wildman–Crippen MR) is 168 cm³/mol. The normalized spacial score (nSPS) is 29.4. The van der Waals surface area contributed by atoms with E-state index in [2.05, 4.69) is 0 Å². The van der Waals surface area contributed by atoms with Gasteiger partial charge < -0.3 is 25.5 Å². The van der Waals surface area contributed by atoms with Crippen molar-refractivity contribution in [2.75, 3.05) is 0 Å². The molecule has 40 heavy (non-hydrogen) atoms. The molecule has 5 aliphatic carbocycles. The highest BCUT2D eigenvalue weighted by atomic mass is 16.3. The lowest BCUT2D eigenvalue weighted by Crippen LogP contribution is -2.13. The number of hydrogen-bond donors (Lipinski definition) is 5. The molecule has 5 nitrogen and oxygen atoms in total. The third-order valence-corrected chi connectivity index (χ3v) is 6.47. The maximum Gasteiger partial charge on any atom is 0.0784 e. The van der Waals surface area contributed by atoms with E-state index in [0.717, 1.165) is 36.8 Å². The summed E-state index contributed by atoms with van der Waals surface area (Å²) in [4.78, 5) is 0. The molecule has 5 aliphatic rings. The summed E-state index contributed by atoms with van der Waals surface area (Å²) < 4.78 is 0. The van der Waals surface area contributed by atoms with Gasteiger partial charge in [-0.1, -0.05) is 121 Å². The molecule has 5 rings (SSSR count). The van der Waals surface area contributed by atoms with Crippen molar-refractivity contribution in [2.45, 2.75) is 90.8 Å². The lowest BCUT2D eigenvalue weighted by molar-refractivity contribution is 0.184. The van der Waals surface area contributed by atoms with Crippen molar-refractivity contribution in [1.29, 1.82) is 0 Å². The molecule has 0 aromatic heterocycles. The smallest absolute Gasteiger partial charge is 0.0784 e. The first-order valence-electron chi connectivity index (χ1n) is 14.1. The van der Waals surface area contributed by atoms with E-state index in [1.165, 1.54) is 11.1 Å². The van der Waals surface area contributed by atoms with Crippen LogP contribution in [0.1, 0.15) is 60.3 Å². The van der Waals surface area contributed by atoms with Gasteiger partial charge in [-0.15, -0.1) is 0 Å². The molecule has 0 spiro atoms. The Kier molecular flexibility index (Phi) is 17.7. The van der Waals surface area contributed by atoms with Gasteiger partial charge in [0.15, 0.2) is 0 Å². The van der Waals surface area contributed by atoms with Crippen molar-refractivity contribution in [3.63, 3.8) is 0 Å². The Morgan fingerprint density at radius 2 is 1.35 bits per heavy atom. The van der Waals surface area contributed by atoms with Crippen LogP contribution in [-0.4, -0.2) is 56.1 Å². The predicted octanol–water partition coefficient (Wildman–Crippen LogP) is 6.12. The lowest BCUT2D eigenvalue weighted by atomic mass is 10.0. The number of hydrogen-bond acceptors (Lipinski definition) is 5. The molecule has 6 atom stereocenters. The number of aliphatic hydroxyl groups excluding tert-OH is 5. The van der Waals surface area contributed by atoms with Crippen LogP contribution in [0.5, 0.6) is 0 Å². The highest BCUT2D eigenvalue weighted by Gasteiger charge is 2.08.